The predicted octanol–water partition coefficient (Wildman–Crippen LogP) is 4.68. The van der Waals surface area contributed by atoms with Crippen molar-refractivity contribution in [2.45, 2.75) is 63.3 Å². The van der Waals surface area contributed by atoms with E-state index >= 15 is 0 Å². The molecule has 4 N–H and O–H groups in total. The Labute approximate surface area is 192 Å². The van der Waals surface area contributed by atoms with Gasteiger partial charge in [0.15, 0.2) is 0 Å². The van der Waals surface area contributed by atoms with Gasteiger partial charge < -0.3 is 20.4 Å². The van der Waals surface area contributed by atoms with Gasteiger partial charge >= 0.3 is 5.97 Å². The first-order valence-corrected chi connectivity index (χ1v) is 12.3. The van der Waals surface area contributed by atoms with Gasteiger partial charge in [0.25, 0.3) is 0 Å². The first-order chi connectivity index (χ1) is 13.8. The van der Waals surface area contributed by atoms with Gasteiger partial charge in [0.2, 0.25) is 0 Å². The summed E-state index contributed by atoms with van der Waals surface area (Å²) in [5.41, 5.74) is 0. The van der Waals surface area contributed by atoms with Crippen molar-refractivity contribution in [2.24, 2.45) is 11.8 Å². The molecule has 5 nitrogen and oxygen atoms in total. The van der Waals surface area contributed by atoms with E-state index in [1.165, 1.54) is 4.88 Å². The minimum atomic E-state index is -0.796. The summed E-state index contributed by atoms with van der Waals surface area (Å²) < 4.78 is 2.05. The lowest BCUT2D eigenvalue weighted by molar-refractivity contribution is -0.137. The summed E-state index contributed by atoms with van der Waals surface area (Å²) in [5.74, 6) is -1.10. The topological polar surface area (TPSA) is 98.0 Å². The zero-order valence-electron chi connectivity index (χ0n) is 16.1. The molecule has 1 aromatic heterocycles. The predicted molar refractivity (Wildman–Crippen MR) is 122 cm³/mol. The summed E-state index contributed by atoms with van der Waals surface area (Å²) in [6.07, 6.45) is 9.36. The van der Waals surface area contributed by atoms with Gasteiger partial charge in [-0.25, -0.2) is 0 Å². The summed E-state index contributed by atoms with van der Waals surface area (Å²) in [4.78, 5) is 11.7. The number of halogens is 2. The third-order valence-electron chi connectivity index (χ3n) is 5.23. The SMILES string of the molecule is O=C(O)CCCC=CC[C@H]1C(O)CC(O)[C@@H]1C=CC(O)CCc1scc(Br)c1Br. The van der Waals surface area contributed by atoms with Crippen molar-refractivity contribution in [1.29, 1.82) is 0 Å². The van der Waals surface area contributed by atoms with Gasteiger partial charge in [0.1, 0.15) is 0 Å². The third kappa shape index (κ3) is 7.92. The molecule has 1 heterocycles. The molecular weight excluding hydrogens is 524 g/mol. The molecule has 1 fully saturated rings. The van der Waals surface area contributed by atoms with Gasteiger partial charge in [-0.1, -0.05) is 24.3 Å². The number of carbonyl (C=O) groups is 1. The number of aryl methyl sites for hydroxylation is 1. The highest BCUT2D eigenvalue weighted by Crippen LogP contribution is 2.37. The Morgan fingerprint density at radius 1 is 1.28 bits per heavy atom. The van der Waals surface area contributed by atoms with Crippen molar-refractivity contribution in [1.82, 2.24) is 0 Å². The molecule has 8 heteroatoms. The lowest BCUT2D eigenvalue weighted by Gasteiger charge is -2.19. The Balaban J connectivity index is 1.84. The molecular formula is C21H28Br2O5S. The van der Waals surface area contributed by atoms with E-state index in [9.17, 15) is 20.1 Å². The van der Waals surface area contributed by atoms with Crippen molar-refractivity contribution in [3.05, 3.63) is 43.5 Å². The molecule has 0 radical (unpaired) electrons. The van der Waals surface area contributed by atoms with E-state index in [1.54, 1.807) is 17.4 Å². The van der Waals surface area contributed by atoms with E-state index in [-0.39, 0.29) is 18.3 Å². The minimum absolute atomic E-state index is 0.105. The largest absolute Gasteiger partial charge is 0.481 e. The fourth-order valence-electron chi connectivity index (χ4n) is 3.61. The Kier molecular flexibility index (Phi) is 10.6. The standard InChI is InChI=1S/C21H28Br2O5S/c22-16-12-29-19(21(16)23)10-8-13(24)7-9-15-14(17(25)11-18(15)26)5-3-1-2-4-6-20(27)28/h1,3,7,9,12-15,17-18,24-26H,2,4-6,8,10-11H2,(H,27,28)/t13?,14-,15-,17?,18?/m1/s1. The quantitative estimate of drug-likeness (QED) is 0.236. The van der Waals surface area contributed by atoms with E-state index in [1.807, 2.05) is 23.6 Å². The zero-order chi connectivity index (χ0) is 21.4. The van der Waals surface area contributed by atoms with Crippen molar-refractivity contribution < 1.29 is 25.2 Å². The second-order valence-corrected chi connectivity index (χ2v) is 10.0. The molecule has 29 heavy (non-hydrogen) atoms. The Morgan fingerprint density at radius 3 is 2.69 bits per heavy atom. The van der Waals surface area contributed by atoms with Gasteiger partial charge in [-0.2, -0.15) is 0 Å². The first kappa shape index (κ1) is 24.8. The maximum absolute atomic E-state index is 10.5. The van der Waals surface area contributed by atoms with Gasteiger partial charge in [-0.15, -0.1) is 11.3 Å². The normalized spacial score (nSPS) is 26.0. The highest BCUT2D eigenvalue weighted by atomic mass is 79.9. The minimum Gasteiger partial charge on any atom is -0.481 e. The number of allylic oxidation sites excluding steroid dienone is 2. The van der Waals surface area contributed by atoms with Gasteiger partial charge in [0.05, 0.1) is 18.3 Å². The van der Waals surface area contributed by atoms with Gasteiger partial charge in [-0.3, -0.25) is 4.79 Å². The molecule has 5 atom stereocenters. The summed E-state index contributed by atoms with van der Waals surface area (Å²) >= 11 is 8.63. The Hall–Kier alpha value is -0.510. The van der Waals surface area contributed by atoms with Crippen LogP contribution in [0.5, 0.6) is 0 Å². The number of rotatable bonds is 11. The number of hydrogen-bond acceptors (Lipinski definition) is 5. The summed E-state index contributed by atoms with van der Waals surface area (Å²) in [5, 5.41) is 41.5. The number of hydrogen-bond donors (Lipinski definition) is 4. The van der Waals surface area contributed by atoms with Crippen molar-refractivity contribution in [3.63, 3.8) is 0 Å². The van der Waals surface area contributed by atoms with E-state index in [0.717, 1.165) is 15.4 Å². The fourth-order valence-corrected chi connectivity index (χ4v) is 5.82. The van der Waals surface area contributed by atoms with Crippen LogP contribution in [0, 0.1) is 11.8 Å². The molecule has 0 spiro atoms. The van der Waals surface area contributed by atoms with Crippen molar-refractivity contribution in [2.75, 3.05) is 0 Å². The lowest BCUT2D eigenvalue weighted by atomic mass is 9.89. The molecule has 3 unspecified atom stereocenters. The smallest absolute Gasteiger partial charge is 0.303 e. The number of aliphatic hydroxyl groups excluding tert-OH is 3. The van der Waals surface area contributed by atoms with Crippen LogP contribution >= 0.6 is 43.2 Å². The molecule has 162 valence electrons. The average Bonchev–Trinajstić information content (AvgIpc) is 3.12. The summed E-state index contributed by atoms with van der Waals surface area (Å²) in [7, 11) is 0. The van der Waals surface area contributed by atoms with E-state index in [0.29, 0.717) is 32.1 Å². The number of aliphatic hydroxyl groups is 3. The molecule has 1 aromatic rings. The van der Waals surface area contributed by atoms with Crippen LogP contribution < -0.4 is 0 Å². The van der Waals surface area contributed by atoms with Crippen LogP contribution in [-0.2, 0) is 11.2 Å². The molecule has 0 aromatic carbocycles. The molecule has 2 rings (SSSR count). The number of unbranched alkanes of at least 4 members (excludes halogenated alkanes) is 1. The number of aliphatic carboxylic acids is 1. The maximum Gasteiger partial charge on any atom is 0.303 e. The van der Waals surface area contributed by atoms with Crippen LogP contribution in [0.15, 0.2) is 38.6 Å². The molecule has 0 saturated heterocycles. The van der Waals surface area contributed by atoms with E-state index in [2.05, 4.69) is 31.9 Å². The molecule has 0 aliphatic heterocycles. The monoisotopic (exact) mass is 550 g/mol. The van der Waals surface area contributed by atoms with Crippen LogP contribution in [-0.4, -0.2) is 44.7 Å². The number of thiophene rings is 1. The number of carboxylic acid groups (broad SMARTS) is 1. The maximum atomic E-state index is 10.5. The highest BCUT2D eigenvalue weighted by molar-refractivity contribution is 9.13. The average molecular weight is 552 g/mol. The Morgan fingerprint density at radius 2 is 2.03 bits per heavy atom. The van der Waals surface area contributed by atoms with E-state index in [4.69, 9.17) is 5.11 Å². The summed E-state index contributed by atoms with van der Waals surface area (Å²) in [6.45, 7) is 0. The molecule has 1 aliphatic rings. The van der Waals surface area contributed by atoms with Crippen LogP contribution in [0.3, 0.4) is 0 Å². The van der Waals surface area contributed by atoms with Gasteiger partial charge in [0, 0.05) is 38.0 Å². The second-order valence-electron chi connectivity index (χ2n) is 7.42. The lowest BCUT2D eigenvalue weighted by Crippen LogP contribution is -2.20. The van der Waals surface area contributed by atoms with Crippen LogP contribution in [0.2, 0.25) is 0 Å². The van der Waals surface area contributed by atoms with Gasteiger partial charge in [-0.05, 0) is 69.9 Å². The third-order valence-corrected chi connectivity index (χ3v) is 8.91. The fraction of sp³-hybridized carbons (Fsp3) is 0.571. The zero-order valence-corrected chi connectivity index (χ0v) is 20.1. The molecule has 1 saturated carbocycles. The van der Waals surface area contributed by atoms with Crippen molar-refractivity contribution >= 4 is 49.2 Å². The first-order valence-electron chi connectivity index (χ1n) is 9.80. The van der Waals surface area contributed by atoms with Crippen LogP contribution in [0.25, 0.3) is 0 Å². The molecule has 1 aliphatic carbocycles. The molecule has 0 bridgehead atoms. The Bertz CT molecular complexity index is 718. The highest BCUT2D eigenvalue weighted by Gasteiger charge is 2.39. The summed E-state index contributed by atoms with van der Waals surface area (Å²) in [6, 6.07) is 0. The molecule has 0 amide bonds. The van der Waals surface area contributed by atoms with Crippen LogP contribution in [0.1, 0.15) is 43.4 Å². The van der Waals surface area contributed by atoms with Crippen LogP contribution in [0.4, 0.5) is 0 Å². The number of carboxylic acids is 1. The van der Waals surface area contributed by atoms with Crippen molar-refractivity contribution in [3.8, 4) is 0 Å². The van der Waals surface area contributed by atoms with E-state index < -0.39 is 24.3 Å². The second kappa shape index (κ2) is 12.4.